The number of anilines is 1. The summed E-state index contributed by atoms with van der Waals surface area (Å²) in [5, 5.41) is 0.605. The van der Waals surface area contributed by atoms with Crippen molar-refractivity contribution in [2.75, 3.05) is 24.3 Å². The first-order valence-electron chi connectivity index (χ1n) is 10.7. The molecule has 1 spiro atoms. The summed E-state index contributed by atoms with van der Waals surface area (Å²) in [5.41, 5.74) is 4.06. The van der Waals surface area contributed by atoms with Crippen LogP contribution < -0.4 is 9.64 Å². The first-order valence-corrected chi connectivity index (χ1v) is 12.1. The van der Waals surface area contributed by atoms with E-state index in [4.69, 9.17) is 16.3 Å². The molecule has 2 aliphatic rings. The van der Waals surface area contributed by atoms with Gasteiger partial charge in [-0.05, 0) is 48.9 Å². The number of fused-ring (bicyclic) bond motifs is 2. The lowest BCUT2D eigenvalue weighted by Crippen LogP contribution is -2.50. The van der Waals surface area contributed by atoms with Crippen LogP contribution in [0.25, 0.3) is 0 Å². The zero-order valence-electron chi connectivity index (χ0n) is 18.4. The maximum atomic E-state index is 14.1. The van der Waals surface area contributed by atoms with Gasteiger partial charge in [-0.15, -0.1) is 11.8 Å². The number of aryl methyl sites for hydroxylation is 1. The second-order valence-corrected chi connectivity index (χ2v) is 9.88. The molecule has 0 N–H and O–H groups in total. The minimum absolute atomic E-state index is 0.131. The Morgan fingerprint density at radius 3 is 2.61 bits per heavy atom. The second kappa shape index (κ2) is 8.43. The van der Waals surface area contributed by atoms with Crippen molar-refractivity contribution < 1.29 is 14.3 Å². The zero-order chi connectivity index (χ0) is 23.2. The largest absolute Gasteiger partial charge is 0.497 e. The van der Waals surface area contributed by atoms with Crippen LogP contribution in [0.2, 0.25) is 5.02 Å². The molecular weight excluding hydrogens is 456 g/mol. The molecule has 2 aliphatic heterocycles. The van der Waals surface area contributed by atoms with Gasteiger partial charge in [-0.1, -0.05) is 47.5 Å². The second-order valence-electron chi connectivity index (χ2n) is 8.18. The van der Waals surface area contributed by atoms with Crippen molar-refractivity contribution in [2.45, 2.75) is 18.3 Å². The number of hydrogen-bond acceptors (Lipinski definition) is 4. The van der Waals surface area contributed by atoms with Crippen LogP contribution in [0.5, 0.6) is 5.75 Å². The number of nitrogens with zero attached hydrogens (tertiary/aromatic N) is 2. The molecule has 33 heavy (non-hydrogen) atoms. The molecule has 0 aliphatic carbocycles. The van der Waals surface area contributed by atoms with Gasteiger partial charge in [-0.3, -0.25) is 9.59 Å². The summed E-state index contributed by atoms with van der Waals surface area (Å²) < 4.78 is 5.48. The summed E-state index contributed by atoms with van der Waals surface area (Å²) in [4.78, 5) is 30.1. The minimum atomic E-state index is -1.13. The zero-order valence-corrected chi connectivity index (χ0v) is 19.9. The van der Waals surface area contributed by atoms with Crippen molar-refractivity contribution in [1.82, 2.24) is 4.90 Å². The van der Waals surface area contributed by atoms with E-state index in [0.717, 1.165) is 22.4 Å². The third kappa shape index (κ3) is 3.49. The highest BCUT2D eigenvalue weighted by atomic mass is 35.5. The average Bonchev–Trinajstić information content (AvgIpc) is 3.37. The Bertz CT molecular complexity index is 1250. The van der Waals surface area contributed by atoms with Gasteiger partial charge in [0.25, 0.3) is 11.8 Å². The van der Waals surface area contributed by atoms with E-state index in [2.05, 4.69) is 0 Å². The van der Waals surface area contributed by atoms with Crippen LogP contribution in [0.3, 0.4) is 0 Å². The quantitative estimate of drug-likeness (QED) is 0.514. The SMILES string of the molecule is COc1ccc2c(c1)[C@]1(SCCN1C(=O)c1ccc(C)cc1)C(=O)N2Cc1ccccc1Cl. The van der Waals surface area contributed by atoms with Gasteiger partial charge in [0.1, 0.15) is 5.75 Å². The minimum Gasteiger partial charge on any atom is -0.497 e. The number of carbonyl (C=O) groups excluding carboxylic acids is 2. The van der Waals surface area contributed by atoms with Crippen molar-refractivity contribution in [2.24, 2.45) is 0 Å². The highest BCUT2D eigenvalue weighted by molar-refractivity contribution is 8.01. The van der Waals surface area contributed by atoms with Gasteiger partial charge in [0.05, 0.1) is 19.3 Å². The Morgan fingerprint density at radius 1 is 1.12 bits per heavy atom. The van der Waals surface area contributed by atoms with E-state index in [-0.39, 0.29) is 11.8 Å². The smallest absolute Gasteiger partial charge is 0.268 e. The summed E-state index contributed by atoms with van der Waals surface area (Å²) in [6, 6.07) is 20.6. The molecule has 1 saturated heterocycles. The van der Waals surface area contributed by atoms with Gasteiger partial charge >= 0.3 is 0 Å². The predicted octanol–water partition coefficient (Wildman–Crippen LogP) is 5.25. The lowest BCUT2D eigenvalue weighted by Gasteiger charge is -2.33. The van der Waals surface area contributed by atoms with Gasteiger partial charge in [0.15, 0.2) is 4.87 Å². The number of hydrogen-bond donors (Lipinski definition) is 0. The Morgan fingerprint density at radius 2 is 1.88 bits per heavy atom. The fourth-order valence-electron chi connectivity index (χ4n) is 4.53. The van der Waals surface area contributed by atoms with E-state index in [1.807, 2.05) is 73.7 Å². The molecule has 5 rings (SSSR count). The molecule has 2 amide bonds. The molecule has 0 radical (unpaired) electrons. The molecule has 2 heterocycles. The third-order valence-corrected chi connectivity index (χ3v) is 8.02. The number of halogens is 1. The van der Waals surface area contributed by atoms with Crippen LogP contribution >= 0.6 is 23.4 Å². The van der Waals surface area contributed by atoms with Crippen LogP contribution in [0, 0.1) is 6.92 Å². The molecule has 1 atom stereocenters. The van der Waals surface area contributed by atoms with Crippen molar-refractivity contribution in [3.8, 4) is 5.75 Å². The van der Waals surface area contributed by atoms with E-state index in [1.165, 1.54) is 11.8 Å². The highest BCUT2D eigenvalue weighted by Crippen LogP contribution is 2.55. The molecule has 3 aromatic rings. The van der Waals surface area contributed by atoms with Gasteiger partial charge < -0.3 is 14.5 Å². The van der Waals surface area contributed by atoms with Gasteiger partial charge in [0.2, 0.25) is 0 Å². The topological polar surface area (TPSA) is 49.9 Å². The fraction of sp³-hybridized carbons (Fsp3) is 0.231. The van der Waals surface area contributed by atoms with Crippen molar-refractivity contribution in [1.29, 1.82) is 0 Å². The van der Waals surface area contributed by atoms with Crippen LogP contribution in [0.1, 0.15) is 27.0 Å². The van der Waals surface area contributed by atoms with Crippen LogP contribution in [-0.2, 0) is 16.2 Å². The molecule has 0 unspecified atom stereocenters. The van der Waals surface area contributed by atoms with E-state index in [1.54, 1.807) is 16.9 Å². The summed E-state index contributed by atoms with van der Waals surface area (Å²) in [7, 11) is 1.60. The summed E-state index contributed by atoms with van der Waals surface area (Å²) in [6.07, 6.45) is 0. The molecule has 0 aromatic heterocycles. The predicted molar refractivity (Wildman–Crippen MR) is 132 cm³/mol. The van der Waals surface area contributed by atoms with Gasteiger partial charge in [-0.25, -0.2) is 0 Å². The molecule has 0 saturated carbocycles. The number of benzene rings is 3. The maximum Gasteiger partial charge on any atom is 0.268 e. The van der Waals surface area contributed by atoms with E-state index in [0.29, 0.717) is 35.2 Å². The standard InChI is InChI=1S/C26H23ClN2O3S/c1-17-7-9-18(10-8-17)24(30)29-13-14-33-26(29)21-15-20(32-2)11-12-23(21)28(25(26)31)16-19-5-3-4-6-22(19)27/h3-12,15H,13-14,16H2,1-2H3/t26-/m0/s1. The molecular formula is C26H23ClN2O3S. The Labute approximate surface area is 202 Å². The van der Waals surface area contributed by atoms with Crippen molar-refractivity contribution in [3.05, 3.63) is 94.0 Å². The number of thioether (sulfide) groups is 1. The van der Waals surface area contributed by atoms with E-state index in [9.17, 15) is 9.59 Å². The Hall–Kier alpha value is -2.96. The first-order chi connectivity index (χ1) is 16.0. The van der Waals surface area contributed by atoms with E-state index >= 15 is 0 Å². The van der Waals surface area contributed by atoms with Gasteiger partial charge in [0, 0.05) is 28.4 Å². The fourth-order valence-corrected chi connectivity index (χ4v) is 6.17. The van der Waals surface area contributed by atoms with Gasteiger partial charge in [-0.2, -0.15) is 0 Å². The number of ether oxygens (including phenoxy) is 1. The van der Waals surface area contributed by atoms with Crippen LogP contribution in [-0.4, -0.2) is 36.1 Å². The highest BCUT2D eigenvalue weighted by Gasteiger charge is 2.59. The number of carbonyl (C=O) groups is 2. The molecule has 7 heteroatoms. The maximum absolute atomic E-state index is 14.1. The Kier molecular flexibility index (Phi) is 5.59. The third-order valence-electron chi connectivity index (χ3n) is 6.23. The lowest BCUT2D eigenvalue weighted by molar-refractivity contribution is -0.123. The first kappa shape index (κ1) is 21.9. The van der Waals surface area contributed by atoms with Crippen molar-refractivity contribution >= 4 is 40.9 Å². The molecule has 3 aromatic carbocycles. The number of rotatable bonds is 4. The summed E-state index contributed by atoms with van der Waals surface area (Å²) in [5.74, 6) is 1.03. The van der Waals surface area contributed by atoms with Crippen molar-refractivity contribution in [3.63, 3.8) is 0 Å². The van der Waals surface area contributed by atoms with Crippen LogP contribution in [0.4, 0.5) is 5.69 Å². The van der Waals surface area contributed by atoms with Crippen LogP contribution in [0.15, 0.2) is 66.7 Å². The normalized spacial score (nSPS) is 19.3. The average molecular weight is 479 g/mol. The number of amides is 2. The lowest BCUT2D eigenvalue weighted by atomic mass is 10.0. The summed E-state index contributed by atoms with van der Waals surface area (Å²) >= 11 is 7.92. The molecule has 0 bridgehead atoms. The molecule has 5 nitrogen and oxygen atoms in total. The molecule has 1 fully saturated rings. The monoisotopic (exact) mass is 478 g/mol. The van der Waals surface area contributed by atoms with E-state index < -0.39 is 4.87 Å². The Balaban J connectivity index is 1.62. The number of methoxy groups -OCH3 is 1. The summed E-state index contributed by atoms with van der Waals surface area (Å²) in [6.45, 7) is 2.80. The molecule has 168 valence electrons.